The van der Waals surface area contributed by atoms with Crippen molar-refractivity contribution < 1.29 is 14.1 Å². The predicted octanol–water partition coefficient (Wildman–Crippen LogP) is 4.08. The average molecular weight is 328 g/mol. The number of carbonyl (C=O) groups is 1. The van der Waals surface area contributed by atoms with Crippen molar-refractivity contribution in [3.8, 4) is 10.6 Å². The summed E-state index contributed by atoms with van der Waals surface area (Å²) in [6.07, 6.45) is 0. The Hall–Kier alpha value is -2.47. The summed E-state index contributed by atoms with van der Waals surface area (Å²) >= 11 is 1.42. The lowest BCUT2D eigenvalue weighted by Gasteiger charge is -2.02. The van der Waals surface area contributed by atoms with Gasteiger partial charge in [-0.2, -0.15) is 0 Å². The first-order valence-corrected chi connectivity index (χ1v) is 8.04. The van der Waals surface area contributed by atoms with E-state index in [1.807, 2.05) is 38.1 Å². The molecule has 23 heavy (non-hydrogen) atoms. The van der Waals surface area contributed by atoms with Gasteiger partial charge in [-0.25, -0.2) is 9.78 Å². The van der Waals surface area contributed by atoms with Crippen LogP contribution in [-0.4, -0.2) is 16.1 Å². The number of aromatic nitrogens is 2. The molecule has 0 atom stereocenters. The van der Waals surface area contributed by atoms with Gasteiger partial charge in [-0.15, -0.1) is 11.3 Å². The van der Waals surface area contributed by atoms with Gasteiger partial charge in [-0.3, -0.25) is 0 Å². The lowest BCUT2D eigenvalue weighted by Crippen LogP contribution is -2.06. The smallest absolute Gasteiger partial charge is 0.358 e. The summed E-state index contributed by atoms with van der Waals surface area (Å²) in [7, 11) is 0. The molecule has 0 aliphatic carbocycles. The molecule has 3 aromatic rings. The van der Waals surface area contributed by atoms with Crippen LogP contribution in [0.25, 0.3) is 10.6 Å². The Labute approximate surface area is 137 Å². The van der Waals surface area contributed by atoms with Gasteiger partial charge in [0.15, 0.2) is 5.69 Å². The van der Waals surface area contributed by atoms with E-state index in [2.05, 4.69) is 10.1 Å². The van der Waals surface area contributed by atoms with E-state index in [1.54, 1.807) is 12.3 Å². The number of rotatable bonds is 4. The van der Waals surface area contributed by atoms with E-state index in [-0.39, 0.29) is 6.61 Å². The molecule has 3 rings (SSSR count). The fourth-order valence-electron chi connectivity index (χ4n) is 2.12. The Bertz CT molecular complexity index is 814. The van der Waals surface area contributed by atoms with E-state index in [4.69, 9.17) is 9.26 Å². The Kier molecular flexibility index (Phi) is 4.25. The van der Waals surface area contributed by atoms with Gasteiger partial charge in [0.05, 0.1) is 11.3 Å². The summed E-state index contributed by atoms with van der Waals surface area (Å²) in [6, 6.07) is 8.03. The fraction of sp³-hybridized carbons (Fsp3) is 0.235. The molecule has 0 spiro atoms. The zero-order valence-corrected chi connectivity index (χ0v) is 13.9. The van der Waals surface area contributed by atoms with Gasteiger partial charge in [0.1, 0.15) is 17.4 Å². The summed E-state index contributed by atoms with van der Waals surface area (Å²) in [5.41, 5.74) is 4.02. The molecule has 118 valence electrons. The molecule has 0 N–H and O–H groups in total. The summed E-state index contributed by atoms with van der Waals surface area (Å²) in [5, 5.41) is 6.35. The maximum atomic E-state index is 12.1. The van der Waals surface area contributed by atoms with E-state index in [1.165, 1.54) is 16.9 Å². The third-order valence-electron chi connectivity index (χ3n) is 3.54. The van der Waals surface area contributed by atoms with E-state index in [0.717, 1.165) is 21.8 Å². The third kappa shape index (κ3) is 3.32. The van der Waals surface area contributed by atoms with Crippen LogP contribution in [-0.2, 0) is 11.3 Å². The van der Waals surface area contributed by atoms with E-state index >= 15 is 0 Å². The van der Waals surface area contributed by atoms with Crippen molar-refractivity contribution in [1.82, 2.24) is 10.1 Å². The second-order valence-corrected chi connectivity index (χ2v) is 6.14. The maximum absolute atomic E-state index is 12.1. The number of esters is 1. The molecule has 0 radical (unpaired) electrons. The van der Waals surface area contributed by atoms with Gasteiger partial charge in [0.25, 0.3) is 0 Å². The summed E-state index contributed by atoms with van der Waals surface area (Å²) in [5.74, 6) is 0.216. The molecule has 0 aliphatic heterocycles. The Balaban J connectivity index is 1.70. The minimum Gasteiger partial charge on any atom is -0.456 e. The molecule has 0 saturated heterocycles. The highest BCUT2D eigenvalue weighted by Crippen LogP contribution is 2.24. The number of benzene rings is 1. The minimum atomic E-state index is -0.445. The molecule has 0 bridgehead atoms. The molecule has 0 amide bonds. The highest BCUT2D eigenvalue weighted by molar-refractivity contribution is 7.13. The molecular formula is C17H16N2O3S. The van der Waals surface area contributed by atoms with Crippen molar-refractivity contribution in [2.45, 2.75) is 27.4 Å². The first-order chi connectivity index (χ1) is 11.0. The first-order valence-electron chi connectivity index (χ1n) is 7.16. The monoisotopic (exact) mass is 328 g/mol. The zero-order chi connectivity index (χ0) is 16.4. The van der Waals surface area contributed by atoms with Gasteiger partial charge in [-0.1, -0.05) is 35.0 Å². The van der Waals surface area contributed by atoms with Crippen LogP contribution in [0.5, 0.6) is 0 Å². The Morgan fingerprint density at radius 3 is 2.61 bits per heavy atom. The highest BCUT2D eigenvalue weighted by Gasteiger charge is 2.16. The van der Waals surface area contributed by atoms with Crippen LogP contribution >= 0.6 is 11.3 Å². The molecule has 5 nitrogen and oxygen atoms in total. The topological polar surface area (TPSA) is 65.2 Å². The van der Waals surface area contributed by atoms with Crippen molar-refractivity contribution in [2.75, 3.05) is 0 Å². The molecule has 6 heteroatoms. The number of nitrogens with zero attached hydrogens (tertiary/aromatic N) is 2. The highest BCUT2D eigenvalue weighted by atomic mass is 32.1. The van der Waals surface area contributed by atoms with Gasteiger partial charge >= 0.3 is 5.97 Å². The van der Waals surface area contributed by atoms with Crippen LogP contribution in [0.3, 0.4) is 0 Å². The molecule has 0 fully saturated rings. The SMILES string of the molecule is Cc1ccc(-c2nc(C(=O)OCc3c(C)noc3C)cs2)cc1. The average Bonchev–Trinajstić information content (AvgIpc) is 3.14. The second-order valence-electron chi connectivity index (χ2n) is 5.28. The number of thiazole rings is 1. The zero-order valence-electron chi connectivity index (χ0n) is 13.1. The van der Waals surface area contributed by atoms with Crippen molar-refractivity contribution >= 4 is 17.3 Å². The second kappa shape index (κ2) is 6.34. The predicted molar refractivity (Wildman–Crippen MR) is 87.4 cm³/mol. The van der Waals surface area contributed by atoms with E-state index < -0.39 is 5.97 Å². The number of aryl methyl sites for hydroxylation is 3. The van der Waals surface area contributed by atoms with Crippen LogP contribution in [0.1, 0.15) is 33.1 Å². The quantitative estimate of drug-likeness (QED) is 0.675. The normalized spacial score (nSPS) is 10.7. The summed E-state index contributed by atoms with van der Waals surface area (Å²) in [4.78, 5) is 16.5. The van der Waals surface area contributed by atoms with Crippen LogP contribution < -0.4 is 0 Å². The molecule has 0 unspecified atom stereocenters. The largest absolute Gasteiger partial charge is 0.456 e. The van der Waals surface area contributed by atoms with Crippen molar-refractivity contribution in [2.24, 2.45) is 0 Å². The molecular weight excluding hydrogens is 312 g/mol. The van der Waals surface area contributed by atoms with Crippen molar-refractivity contribution in [1.29, 1.82) is 0 Å². The molecule has 0 saturated carbocycles. The molecule has 2 aromatic heterocycles. The van der Waals surface area contributed by atoms with Gasteiger partial charge in [0.2, 0.25) is 0 Å². The van der Waals surface area contributed by atoms with Gasteiger partial charge in [0, 0.05) is 10.9 Å². The summed E-state index contributed by atoms with van der Waals surface area (Å²) in [6.45, 7) is 5.78. The molecule has 0 aliphatic rings. The van der Waals surface area contributed by atoms with Crippen LogP contribution in [0.2, 0.25) is 0 Å². The maximum Gasteiger partial charge on any atom is 0.358 e. The number of ether oxygens (including phenoxy) is 1. The van der Waals surface area contributed by atoms with Crippen molar-refractivity contribution in [3.05, 3.63) is 57.9 Å². The Morgan fingerprint density at radius 1 is 1.22 bits per heavy atom. The summed E-state index contributed by atoms with van der Waals surface area (Å²) < 4.78 is 10.4. The lowest BCUT2D eigenvalue weighted by molar-refractivity contribution is 0.0465. The lowest BCUT2D eigenvalue weighted by atomic mass is 10.2. The van der Waals surface area contributed by atoms with Gasteiger partial charge in [-0.05, 0) is 20.8 Å². The fourth-order valence-corrected chi connectivity index (χ4v) is 2.91. The first kappa shape index (κ1) is 15.4. The third-order valence-corrected chi connectivity index (χ3v) is 4.43. The van der Waals surface area contributed by atoms with E-state index in [9.17, 15) is 4.79 Å². The molecule has 1 aromatic carbocycles. The van der Waals surface area contributed by atoms with Crippen molar-refractivity contribution in [3.63, 3.8) is 0 Å². The molecule has 2 heterocycles. The number of carbonyl (C=O) groups excluding carboxylic acids is 1. The minimum absolute atomic E-state index is 0.136. The van der Waals surface area contributed by atoms with Crippen LogP contribution in [0.4, 0.5) is 0 Å². The van der Waals surface area contributed by atoms with Crippen LogP contribution in [0, 0.1) is 20.8 Å². The van der Waals surface area contributed by atoms with E-state index in [0.29, 0.717) is 11.5 Å². The number of hydrogen-bond acceptors (Lipinski definition) is 6. The standard InChI is InChI=1S/C17H16N2O3S/c1-10-4-6-13(7-5-10)16-18-15(9-23-16)17(20)21-8-14-11(2)19-22-12(14)3/h4-7,9H,8H2,1-3H3. The van der Waals surface area contributed by atoms with Gasteiger partial charge < -0.3 is 9.26 Å². The Morgan fingerprint density at radius 2 is 1.96 bits per heavy atom. The number of hydrogen-bond donors (Lipinski definition) is 0. The van der Waals surface area contributed by atoms with Crippen LogP contribution in [0.15, 0.2) is 34.2 Å².